The quantitative estimate of drug-likeness (QED) is 0.898. The number of phenolic OH excluding ortho intramolecular Hbond substituents is 1. The maximum atomic E-state index is 12.4. The Balaban J connectivity index is 1.60. The second-order valence-electron chi connectivity index (χ2n) is 7.30. The molecule has 2 N–H and O–H groups in total. The van der Waals surface area contributed by atoms with Crippen molar-refractivity contribution in [1.82, 2.24) is 10.2 Å². The molecule has 126 valence electrons. The summed E-state index contributed by atoms with van der Waals surface area (Å²) in [7, 11) is 0. The number of carbonyl (C=O) groups excluding carboxylic acids is 1. The normalized spacial score (nSPS) is 21.4. The van der Waals surface area contributed by atoms with Crippen molar-refractivity contribution in [1.29, 1.82) is 0 Å². The zero-order valence-corrected chi connectivity index (χ0v) is 14.3. The summed E-state index contributed by atoms with van der Waals surface area (Å²) < 4.78 is 0. The zero-order valence-electron chi connectivity index (χ0n) is 14.3. The molecule has 1 saturated heterocycles. The molecule has 0 bridgehead atoms. The molecule has 0 radical (unpaired) electrons. The van der Waals surface area contributed by atoms with Gasteiger partial charge in [0.2, 0.25) is 0 Å². The van der Waals surface area contributed by atoms with Crippen molar-refractivity contribution in [3.05, 3.63) is 28.8 Å². The monoisotopic (exact) mass is 316 g/mol. The molecular weight excluding hydrogens is 288 g/mol. The number of aryl methyl sites for hydroxylation is 2. The first kappa shape index (κ1) is 16.3. The second-order valence-corrected chi connectivity index (χ2v) is 7.30. The molecule has 4 heteroatoms. The molecule has 1 amide bonds. The molecular formula is C19H28N2O2. The first-order valence-electron chi connectivity index (χ1n) is 8.91. The summed E-state index contributed by atoms with van der Waals surface area (Å²) in [5.41, 5.74) is 2.86. The molecule has 2 aliphatic rings. The van der Waals surface area contributed by atoms with Gasteiger partial charge in [0, 0.05) is 19.1 Å². The van der Waals surface area contributed by atoms with E-state index in [1.807, 2.05) is 6.07 Å². The summed E-state index contributed by atoms with van der Waals surface area (Å²) >= 11 is 0. The Morgan fingerprint density at radius 2 is 2.00 bits per heavy atom. The fourth-order valence-electron chi connectivity index (χ4n) is 3.79. The summed E-state index contributed by atoms with van der Waals surface area (Å²) in [6, 6.07) is 4.26. The molecule has 1 aromatic carbocycles. The van der Waals surface area contributed by atoms with Gasteiger partial charge in [0.15, 0.2) is 0 Å². The summed E-state index contributed by atoms with van der Waals surface area (Å²) in [6.07, 6.45) is 5.51. The van der Waals surface area contributed by atoms with Crippen molar-refractivity contribution in [3.63, 3.8) is 0 Å². The van der Waals surface area contributed by atoms with Crippen LogP contribution in [0.4, 0.5) is 0 Å². The van der Waals surface area contributed by atoms with Crippen LogP contribution in [-0.2, 0) is 12.8 Å². The first-order valence-corrected chi connectivity index (χ1v) is 8.91. The van der Waals surface area contributed by atoms with Crippen LogP contribution in [0.1, 0.15) is 54.6 Å². The minimum Gasteiger partial charge on any atom is -0.507 e. The highest BCUT2D eigenvalue weighted by atomic mass is 16.3. The Bertz CT molecular complexity index is 583. The molecule has 1 heterocycles. The number of nitrogens with one attached hydrogen (secondary N) is 1. The molecule has 1 fully saturated rings. The SMILES string of the molecule is CC(C)N1CCC(CNC(=O)c2cc3c(cc2O)CCCC3)C1. The molecule has 0 spiro atoms. The van der Waals surface area contributed by atoms with Crippen molar-refractivity contribution in [3.8, 4) is 5.75 Å². The lowest BCUT2D eigenvalue weighted by molar-refractivity contribution is 0.0944. The smallest absolute Gasteiger partial charge is 0.255 e. The molecule has 1 aliphatic heterocycles. The van der Waals surface area contributed by atoms with Gasteiger partial charge in [0.1, 0.15) is 5.75 Å². The number of benzene rings is 1. The Kier molecular flexibility index (Phi) is 4.90. The predicted octanol–water partition coefficient (Wildman–Crippen LogP) is 2.73. The topological polar surface area (TPSA) is 52.6 Å². The number of amides is 1. The van der Waals surface area contributed by atoms with Gasteiger partial charge in [-0.05, 0) is 81.7 Å². The molecule has 1 aliphatic carbocycles. The van der Waals surface area contributed by atoms with E-state index in [-0.39, 0.29) is 11.7 Å². The Morgan fingerprint density at radius 3 is 2.65 bits per heavy atom. The lowest BCUT2D eigenvalue weighted by atomic mass is 9.90. The Hall–Kier alpha value is -1.55. The average molecular weight is 316 g/mol. The number of hydrogen-bond acceptors (Lipinski definition) is 3. The number of likely N-dealkylation sites (tertiary alicyclic amines) is 1. The van der Waals surface area contributed by atoms with Crippen LogP contribution >= 0.6 is 0 Å². The van der Waals surface area contributed by atoms with Crippen LogP contribution in [-0.4, -0.2) is 41.6 Å². The summed E-state index contributed by atoms with van der Waals surface area (Å²) in [5.74, 6) is 0.498. The van der Waals surface area contributed by atoms with Crippen LogP contribution in [0.5, 0.6) is 5.75 Å². The van der Waals surface area contributed by atoms with Gasteiger partial charge >= 0.3 is 0 Å². The largest absolute Gasteiger partial charge is 0.507 e. The van der Waals surface area contributed by atoms with Crippen molar-refractivity contribution in [2.75, 3.05) is 19.6 Å². The first-order chi connectivity index (χ1) is 11.0. The van der Waals surface area contributed by atoms with E-state index < -0.39 is 0 Å². The minimum atomic E-state index is -0.140. The lowest BCUT2D eigenvalue weighted by Crippen LogP contribution is -2.33. The molecule has 1 unspecified atom stereocenters. The third-order valence-electron chi connectivity index (χ3n) is 5.30. The average Bonchev–Trinajstić information content (AvgIpc) is 3.01. The highest BCUT2D eigenvalue weighted by Crippen LogP contribution is 2.28. The maximum Gasteiger partial charge on any atom is 0.255 e. The number of carbonyl (C=O) groups is 1. The van der Waals surface area contributed by atoms with Gasteiger partial charge in [-0.1, -0.05) is 0 Å². The third-order valence-corrected chi connectivity index (χ3v) is 5.30. The number of nitrogens with zero attached hydrogens (tertiary/aromatic N) is 1. The number of phenols is 1. The van der Waals surface area contributed by atoms with Crippen LogP contribution in [0.3, 0.4) is 0 Å². The van der Waals surface area contributed by atoms with Gasteiger partial charge in [-0.3, -0.25) is 4.79 Å². The van der Waals surface area contributed by atoms with Crippen molar-refractivity contribution >= 4 is 5.91 Å². The second kappa shape index (κ2) is 6.91. The van der Waals surface area contributed by atoms with Gasteiger partial charge in [-0.2, -0.15) is 0 Å². The molecule has 0 saturated carbocycles. The Morgan fingerprint density at radius 1 is 1.30 bits per heavy atom. The summed E-state index contributed by atoms with van der Waals surface area (Å²) in [5, 5.41) is 13.2. The standard InChI is InChI=1S/C19H28N2O2/c1-13(2)21-8-7-14(12-21)11-20-19(23)17-9-15-5-3-4-6-16(15)10-18(17)22/h9-10,13-14,22H,3-8,11-12H2,1-2H3,(H,20,23). The van der Waals surface area contributed by atoms with E-state index in [1.54, 1.807) is 6.07 Å². The van der Waals surface area contributed by atoms with E-state index in [4.69, 9.17) is 0 Å². The van der Waals surface area contributed by atoms with Crippen LogP contribution < -0.4 is 5.32 Å². The molecule has 23 heavy (non-hydrogen) atoms. The predicted molar refractivity (Wildman–Crippen MR) is 91.9 cm³/mol. The summed E-state index contributed by atoms with van der Waals surface area (Å²) in [6.45, 7) is 7.28. The molecule has 1 atom stereocenters. The highest BCUT2D eigenvalue weighted by molar-refractivity contribution is 5.97. The van der Waals surface area contributed by atoms with E-state index in [1.165, 1.54) is 24.0 Å². The van der Waals surface area contributed by atoms with Crippen LogP contribution in [0.2, 0.25) is 0 Å². The van der Waals surface area contributed by atoms with Gasteiger partial charge in [-0.25, -0.2) is 0 Å². The van der Waals surface area contributed by atoms with Crippen LogP contribution in [0.15, 0.2) is 12.1 Å². The molecule has 1 aromatic rings. The van der Waals surface area contributed by atoms with Gasteiger partial charge in [0.25, 0.3) is 5.91 Å². The van der Waals surface area contributed by atoms with E-state index in [9.17, 15) is 9.90 Å². The number of hydrogen-bond donors (Lipinski definition) is 2. The highest BCUT2D eigenvalue weighted by Gasteiger charge is 2.25. The number of fused-ring (bicyclic) bond motifs is 1. The van der Waals surface area contributed by atoms with Crippen molar-refractivity contribution in [2.45, 2.75) is 52.0 Å². The van der Waals surface area contributed by atoms with Crippen molar-refractivity contribution < 1.29 is 9.90 Å². The lowest BCUT2D eigenvalue weighted by Gasteiger charge is -2.20. The zero-order chi connectivity index (χ0) is 16.4. The van der Waals surface area contributed by atoms with E-state index >= 15 is 0 Å². The molecule has 3 rings (SSSR count). The van der Waals surface area contributed by atoms with Gasteiger partial charge in [0.05, 0.1) is 5.56 Å². The summed E-state index contributed by atoms with van der Waals surface area (Å²) in [4.78, 5) is 14.9. The van der Waals surface area contributed by atoms with E-state index in [0.717, 1.165) is 32.4 Å². The fourth-order valence-corrected chi connectivity index (χ4v) is 3.79. The van der Waals surface area contributed by atoms with E-state index in [0.29, 0.717) is 24.1 Å². The molecule has 4 nitrogen and oxygen atoms in total. The van der Waals surface area contributed by atoms with Gasteiger partial charge < -0.3 is 15.3 Å². The number of aromatic hydroxyl groups is 1. The number of rotatable bonds is 4. The Labute approximate surface area is 138 Å². The van der Waals surface area contributed by atoms with Crippen molar-refractivity contribution in [2.24, 2.45) is 5.92 Å². The van der Waals surface area contributed by atoms with Gasteiger partial charge in [-0.15, -0.1) is 0 Å². The minimum absolute atomic E-state index is 0.123. The van der Waals surface area contributed by atoms with E-state index in [2.05, 4.69) is 24.1 Å². The van der Waals surface area contributed by atoms with Crippen LogP contribution in [0.25, 0.3) is 0 Å². The fraction of sp³-hybridized carbons (Fsp3) is 0.632. The maximum absolute atomic E-state index is 12.4. The van der Waals surface area contributed by atoms with Crippen LogP contribution in [0, 0.1) is 5.92 Å². The molecule has 0 aromatic heterocycles. The third kappa shape index (κ3) is 3.69.